The average Bonchev–Trinajstić information content (AvgIpc) is 3.19. The fourth-order valence-electron chi connectivity index (χ4n) is 2.55. The van der Waals surface area contributed by atoms with Crippen molar-refractivity contribution < 1.29 is 9.85 Å². The molecule has 1 aliphatic rings. The summed E-state index contributed by atoms with van der Waals surface area (Å²) in [5, 5.41) is 25.0. The molecule has 0 saturated heterocycles. The lowest BCUT2D eigenvalue weighted by Crippen LogP contribution is -2.27. The van der Waals surface area contributed by atoms with E-state index in [-0.39, 0.29) is 11.4 Å². The Morgan fingerprint density at radius 1 is 1.24 bits per heavy atom. The normalized spacial score (nSPS) is 16.0. The third-order valence-electron chi connectivity index (χ3n) is 4.39. The second kappa shape index (κ2) is 5.77. The summed E-state index contributed by atoms with van der Waals surface area (Å²) >= 11 is 0. The number of hydrogen-bond acceptors (Lipinski definition) is 5. The summed E-state index contributed by atoms with van der Waals surface area (Å²) in [6, 6.07) is 3.78. The molecule has 2 rings (SSSR count). The third kappa shape index (κ3) is 3.36. The van der Waals surface area contributed by atoms with Crippen LogP contribution in [0.2, 0.25) is 0 Å². The van der Waals surface area contributed by atoms with Crippen LogP contribution in [0.3, 0.4) is 0 Å². The van der Waals surface area contributed by atoms with Gasteiger partial charge in [0.05, 0.1) is 15.9 Å². The summed E-state index contributed by atoms with van der Waals surface area (Å²) in [6.07, 6.45) is 2.36. The largest absolute Gasteiger partial charge is 0.312 e. The highest BCUT2D eigenvalue weighted by molar-refractivity contribution is 5.49. The van der Waals surface area contributed by atoms with Gasteiger partial charge < -0.3 is 5.32 Å². The van der Waals surface area contributed by atoms with E-state index >= 15 is 0 Å². The first-order valence-corrected chi connectivity index (χ1v) is 6.98. The Morgan fingerprint density at radius 2 is 1.90 bits per heavy atom. The fraction of sp³-hybridized carbons (Fsp3) is 0.571. The first kappa shape index (κ1) is 15.4. The zero-order valence-corrected chi connectivity index (χ0v) is 12.2. The Balaban J connectivity index is 2.06. The van der Waals surface area contributed by atoms with Gasteiger partial charge in [0.2, 0.25) is 0 Å². The predicted octanol–water partition coefficient (Wildman–Crippen LogP) is 3.03. The smallest absolute Gasteiger partial charge is 0.280 e. The average molecular weight is 293 g/mol. The number of nitro groups is 2. The van der Waals surface area contributed by atoms with Crippen LogP contribution in [0.15, 0.2) is 18.2 Å². The Labute approximate surface area is 122 Å². The maximum Gasteiger partial charge on any atom is 0.280 e. The first-order valence-electron chi connectivity index (χ1n) is 6.98. The van der Waals surface area contributed by atoms with Crippen molar-refractivity contribution in [2.45, 2.75) is 33.2 Å². The lowest BCUT2D eigenvalue weighted by Gasteiger charge is -2.20. The molecule has 0 unspecified atom stereocenters. The molecule has 1 N–H and O–H groups in total. The van der Waals surface area contributed by atoms with Gasteiger partial charge in [0.15, 0.2) is 0 Å². The van der Waals surface area contributed by atoms with E-state index in [1.54, 1.807) is 0 Å². The van der Waals surface area contributed by atoms with Gasteiger partial charge in [-0.25, -0.2) is 0 Å². The van der Waals surface area contributed by atoms with E-state index in [4.69, 9.17) is 0 Å². The number of hydrogen-bond donors (Lipinski definition) is 1. The second-order valence-corrected chi connectivity index (χ2v) is 5.95. The lowest BCUT2D eigenvalue weighted by atomic mass is 9.92. The standard InChI is InChI=1S/C14H19N3O4/c1-10(2)14(5-6-14)9-15-8-11-3-4-12(16(18)19)7-13(11)17(20)21/h3-4,7,10,15H,5-6,8-9H2,1-2H3. The summed E-state index contributed by atoms with van der Waals surface area (Å²) in [5.41, 5.74) is 0.331. The van der Waals surface area contributed by atoms with E-state index < -0.39 is 9.85 Å². The van der Waals surface area contributed by atoms with Crippen molar-refractivity contribution in [3.8, 4) is 0 Å². The monoisotopic (exact) mass is 293 g/mol. The predicted molar refractivity (Wildman–Crippen MR) is 78.0 cm³/mol. The van der Waals surface area contributed by atoms with Gasteiger partial charge in [0.1, 0.15) is 0 Å². The van der Waals surface area contributed by atoms with Crippen LogP contribution in [0.1, 0.15) is 32.3 Å². The molecule has 0 bridgehead atoms. The molecular weight excluding hydrogens is 274 g/mol. The van der Waals surface area contributed by atoms with Crippen molar-refractivity contribution in [3.05, 3.63) is 44.0 Å². The molecule has 1 aromatic rings. The Kier molecular flexibility index (Phi) is 4.22. The van der Waals surface area contributed by atoms with Gasteiger partial charge in [-0.15, -0.1) is 0 Å². The first-order chi connectivity index (χ1) is 9.85. The summed E-state index contributed by atoms with van der Waals surface area (Å²) in [4.78, 5) is 20.5. The molecule has 21 heavy (non-hydrogen) atoms. The molecule has 0 atom stereocenters. The maximum atomic E-state index is 11.0. The van der Waals surface area contributed by atoms with E-state index in [2.05, 4.69) is 19.2 Å². The van der Waals surface area contributed by atoms with Crippen LogP contribution in [0.4, 0.5) is 11.4 Å². The van der Waals surface area contributed by atoms with Gasteiger partial charge in [-0.1, -0.05) is 13.8 Å². The highest BCUT2D eigenvalue weighted by Gasteiger charge is 2.44. The van der Waals surface area contributed by atoms with Crippen LogP contribution in [0.5, 0.6) is 0 Å². The van der Waals surface area contributed by atoms with Crippen LogP contribution >= 0.6 is 0 Å². The zero-order chi connectivity index (χ0) is 15.6. The molecule has 0 aliphatic heterocycles. The molecule has 0 aromatic heterocycles. The van der Waals surface area contributed by atoms with E-state index in [9.17, 15) is 20.2 Å². The highest BCUT2D eigenvalue weighted by Crippen LogP contribution is 2.51. The Hall–Kier alpha value is -2.02. The molecule has 1 fully saturated rings. The van der Waals surface area contributed by atoms with Crippen molar-refractivity contribution in [2.24, 2.45) is 11.3 Å². The molecule has 1 aromatic carbocycles. The van der Waals surface area contributed by atoms with Crippen molar-refractivity contribution in [2.75, 3.05) is 6.54 Å². The number of nitrogens with zero attached hydrogens (tertiary/aromatic N) is 2. The molecule has 0 amide bonds. The molecule has 0 heterocycles. The number of nitro benzene ring substituents is 2. The van der Waals surface area contributed by atoms with E-state index in [1.165, 1.54) is 25.0 Å². The summed E-state index contributed by atoms with van der Waals surface area (Å²) < 4.78 is 0. The molecule has 0 radical (unpaired) electrons. The van der Waals surface area contributed by atoms with Crippen LogP contribution in [-0.4, -0.2) is 16.4 Å². The van der Waals surface area contributed by atoms with Crippen molar-refractivity contribution in [3.63, 3.8) is 0 Å². The van der Waals surface area contributed by atoms with Crippen LogP contribution < -0.4 is 5.32 Å². The number of non-ortho nitro benzene ring substituents is 1. The van der Waals surface area contributed by atoms with E-state index in [1.807, 2.05) is 0 Å². The minimum Gasteiger partial charge on any atom is -0.312 e. The summed E-state index contributed by atoms with van der Waals surface area (Å²) in [5.74, 6) is 0.580. The van der Waals surface area contributed by atoms with E-state index in [0.29, 0.717) is 23.4 Å². The van der Waals surface area contributed by atoms with Crippen LogP contribution in [0.25, 0.3) is 0 Å². The third-order valence-corrected chi connectivity index (χ3v) is 4.39. The number of rotatable bonds is 7. The minimum atomic E-state index is -0.623. The summed E-state index contributed by atoms with van der Waals surface area (Å²) in [6.45, 7) is 5.54. The van der Waals surface area contributed by atoms with Crippen LogP contribution in [0, 0.1) is 31.6 Å². The van der Waals surface area contributed by atoms with Crippen molar-refractivity contribution in [1.82, 2.24) is 5.32 Å². The Morgan fingerprint density at radius 3 is 2.38 bits per heavy atom. The van der Waals surface area contributed by atoms with Crippen molar-refractivity contribution in [1.29, 1.82) is 0 Å². The number of nitrogens with one attached hydrogen (secondary N) is 1. The molecule has 1 saturated carbocycles. The van der Waals surface area contributed by atoms with Gasteiger partial charge in [-0.2, -0.15) is 0 Å². The van der Waals surface area contributed by atoms with Gasteiger partial charge in [-0.05, 0) is 30.2 Å². The molecular formula is C14H19N3O4. The van der Waals surface area contributed by atoms with Gasteiger partial charge >= 0.3 is 0 Å². The van der Waals surface area contributed by atoms with Crippen molar-refractivity contribution >= 4 is 11.4 Å². The molecule has 114 valence electrons. The van der Waals surface area contributed by atoms with Gasteiger partial charge in [-0.3, -0.25) is 20.2 Å². The van der Waals surface area contributed by atoms with Crippen LogP contribution in [-0.2, 0) is 6.54 Å². The highest BCUT2D eigenvalue weighted by atomic mass is 16.6. The molecule has 7 nitrogen and oxygen atoms in total. The SMILES string of the molecule is CC(C)C1(CNCc2ccc([N+](=O)[O-])cc2[N+](=O)[O-])CC1. The van der Waals surface area contributed by atoms with Gasteiger partial charge in [0.25, 0.3) is 11.4 Å². The van der Waals surface area contributed by atoms with E-state index in [0.717, 1.165) is 12.6 Å². The molecule has 1 aliphatic carbocycles. The number of benzene rings is 1. The molecule has 0 spiro atoms. The lowest BCUT2D eigenvalue weighted by molar-refractivity contribution is -0.394. The fourth-order valence-corrected chi connectivity index (χ4v) is 2.55. The zero-order valence-electron chi connectivity index (χ0n) is 12.2. The Bertz CT molecular complexity index is 567. The second-order valence-electron chi connectivity index (χ2n) is 5.95. The maximum absolute atomic E-state index is 11.0. The topological polar surface area (TPSA) is 98.3 Å². The molecule has 7 heteroatoms. The quantitative estimate of drug-likeness (QED) is 0.615. The summed E-state index contributed by atoms with van der Waals surface area (Å²) in [7, 11) is 0. The van der Waals surface area contributed by atoms with Gasteiger partial charge in [0, 0.05) is 24.7 Å². The minimum absolute atomic E-state index is 0.203.